The van der Waals surface area contributed by atoms with Gasteiger partial charge in [0.05, 0.1) is 6.04 Å². The van der Waals surface area contributed by atoms with Crippen LogP contribution < -0.4 is 5.32 Å². The quantitative estimate of drug-likeness (QED) is 0.884. The van der Waals surface area contributed by atoms with Crippen molar-refractivity contribution in [1.82, 2.24) is 15.3 Å². The lowest BCUT2D eigenvalue weighted by Crippen LogP contribution is -2.28. The van der Waals surface area contributed by atoms with E-state index in [0.717, 1.165) is 17.8 Å². The number of carbonyl (C=O) groups excluding carboxylic acids is 1. The van der Waals surface area contributed by atoms with E-state index < -0.39 is 0 Å². The van der Waals surface area contributed by atoms with Crippen LogP contribution in [0.15, 0.2) is 30.6 Å². The standard InChI is InChI=1S/C15H19N3O/c1-4-13(14-16-7-8-17-14)18-15(19)12-6-5-10(2)11(3)9-12/h5-9,13H,4H2,1-3H3,(H,16,17)(H,18,19). The van der Waals surface area contributed by atoms with Crippen LogP contribution in [0.3, 0.4) is 0 Å². The number of benzene rings is 1. The van der Waals surface area contributed by atoms with Gasteiger partial charge in [-0.3, -0.25) is 4.79 Å². The third-order valence-corrected chi connectivity index (χ3v) is 3.33. The fraction of sp³-hybridized carbons (Fsp3) is 0.333. The van der Waals surface area contributed by atoms with Crippen LogP contribution in [-0.2, 0) is 0 Å². The number of hydrogen-bond donors (Lipinski definition) is 2. The van der Waals surface area contributed by atoms with Crippen molar-refractivity contribution in [3.8, 4) is 0 Å². The number of nitrogens with zero attached hydrogens (tertiary/aromatic N) is 1. The number of amides is 1. The van der Waals surface area contributed by atoms with Crippen LogP contribution in [0.25, 0.3) is 0 Å². The van der Waals surface area contributed by atoms with Crippen molar-refractivity contribution in [3.05, 3.63) is 53.1 Å². The summed E-state index contributed by atoms with van der Waals surface area (Å²) in [5.74, 6) is 0.728. The molecule has 0 aliphatic carbocycles. The second kappa shape index (κ2) is 5.69. The summed E-state index contributed by atoms with van der Waals surface area (Å²) < 4.78 is 0. The normalized spacial score (nSPS) is 12.2. The number of imidazole rings is 1. The second-order valence-electron chi connectivity index (χ2n) is 4.71. The summed E-state index contributed by atoms with van der Waals surface area (Å²) in [7, 11) is 0. The summed E-state index contributed by atoms with van der Waals surface area (Å²) in [6.45, 7) is 6.07. The molecule has 0 bridgehead atoms. The molecule has 1 amide bonds. The van der Waals surface area contributed by atoms with E-state index in [1.807, 2.05) is 39.0 Å². The molecule has 1 atom stereocenters. The van der Waals surface area contributed by atoms with Gasteiger partial charge in [-0.15, -0.1) is 0 Å². The lowest BCUT2D eigenvalue weighted by Gasteiger charge is -2.15. The van der Waals surface area contributed by atoms with Gasteiger partial charge in [0.1, 0.15) is 5.82 Å². The minimum atomic E-state index is -0.0795. The van der Waals surface area contributed by atoms with E-state index in [9.17, 15) is 4.79 Å². The van der Waals surface area contributed by atoms with Gasteiger partial charge in [0, 0.05) is 18.0 Å². The molecule has 2 aromatic rings. The maximum absolute atomic E-state index is 12.2. The van der Waals surface area contributed by atoms with Gasteiger partial charge in [-0.2, -0.15) is 0 Å². The summed E-state index contributed by atoms with van der Waals surface area (Å²) in [5, 5.41) is 3.00. The van der Waals surface area contributed by atoms with Crippen molar-refractivity contribution in [2.75, 3.05) is 0 Å². The van der Waals surface area contributed by atoms with Crippen molar-refractivity contribution in [3.63, 3.8) is 0 Å². The average molecular weight is 257 g/mol. The SMILES string of the molecule is CCC(NC(=O)c1ccc(C)c(C)c1)c1ncc[nH]1. The van der Waals surface area contributed by atoms with Crippen LogP contribution in [0, 0.1) is 13.8 Å². The maximum atomic E-state index is 12.2. The summed E-state index contributed by atoms with van der Waals surface area (Å²) in [4.78, 5) is 19.5. The molecule has 0 saturated carbocycles. The van der Waals surface area contributed by atoms with Gasteiger partial charge >= 0.3 is 0 Å². The predicted molar refractivity (Wildman–Crippen MR) is 75.0 cm³/mol. The summed E-state index contributed by atoms with van der Waals surface area (Å²) in [6, 6.07) is 5.66. The smallest absolute Gasteiger partial charge is 0.251 e. The Hall–Kier alpha value is -2.10. The van der Waals surface area contributed by atoms with E-state index in [-0.39, 0.29) is 11.9 Å². The van der Waals surface area contributed by atoms with E-state index in [1.54, 1.807) is 12.4 Å². The van der Waals surface area contributed by atoms with Crippen molar-refractivity contribution in [2.24, 2.45) is 0 Å². The van der Waals surface area contributed by atoms with Gasteiger partial charge in [0.25, 0.3) is 5.91 Å². The maximum Gasteiger partial charge on any atom is 0.251 e. The molecule has 2 rings (SSSR count). The number of aromatic nitrogens is 2. The van der Waals surface area contributed by atoms with E-state index in [1.165, 1.54) is 5.56 Å². The molecule has 0 aliphatic rings. The van der Waals surface area contributed by atoms with Crippen molar-refractivity contribution in [2.45, 2.75) is 33.2 Å². The van der Waals surface area contributed by atoms with Crippen molar-refractivity contribution >= 4 is 5.91 Å². The lowest BCUT2D eigenvalue weighted by molar-refractivity contribution is 0.0934. The van der Waals surface area contributed by atoms with Crippen LogP contribution in [-0.4, -0.2) is 15.9 Å². The number of rotatable bonds is 4. The first-order valence-corrected chi connectivity index (χ1v) is 6.49. The highest BCUT2D eigenvalue weighted by molar-refractivity contribution is 5.94. The summed E-state index contributed by atoms with van der Waals surface area (Å²) in [6.07, 6.45) is 4.25. The minimum absolute atomic E-state index is 0.0636. The van der Waals surface area contributed by atoms with Crippen molar-refractivity contribution in [1.29, 1.82) is 0 Å². The third kappa shape index (κ3) is 3.02. The second-order valence-corrected chi connectivity index (χ2v) is 4.71. The molecule has 4 nitrogen and oxygen atoms in total. The molecule has 0 fully saturated rings. The van der Waals surface area contributed by atoms with Gasteiger partial charge in [-0.25, -0.2) is 4.98 Å². The fourth-order valence-corrected chi connectivity index (χ4v) is 1.96. The van der Waals surface area contributed by atoms with E-state index in [2.05, 4.69) is 15.3 Å². The zero-order chi connectivity index (χ0) is 13.8. The molecular weight excluding hydrogens is 238 g/mol. The monoisotopic (exact) mass is 257 g/mol. The van der Waals surface area contributed by atoms with Gasteiger partial charge in [-0.05, 0) is 43.5 Å². The highest BCUT2D eigenvalue weighted by Crippen LogP contribution is 2.14. The first-order chi connectivity index (χ1) is 9.11. The third-order valence-electron chi connectivity index (χ3n) is 3.33. The van der Waals surface area contributed by atoms with E-state index >= 15 is 0 Å². The van der Waals surface area contributed by atoms with Crippen LogP contribution in [0.2, 0.25) is 0 Å². The Morgan fingerprint density at radius 3 is 2.74 bits per heavy atom. The van der Waals surface area contributed by atoms with Crippen molar-refractivity contribution < 1.29 is 4.79 Å². The molecule has 1 unspecified atom stereocenters. The molecule has 0 radical (unpaired) electrons. The number of aromatic amines is 1. The van der Waals surface area contributed by atoms with Crippen LogP contribution in [0.4, 0.5) is 0 Å². The average Bonchev–Trinajstić information content (AvgIpc) is 2.92. The van der Waals surface area contributed by atoms with Crippen LogP contribution in [0.5, 0.6) is 0 Å². The molecule has 4 heteroatoms. The van der Waals surface area contributed by atoms with Gasteiger partial charge < -0.3 is 10.3 Å². The number of hydrogen-bond acceptors (Lipinski definition) is 2. The highest BCUT2D eigenvalue weighted by atomic mass is 16.1. The zero-order valence-corrected chi connectivity index (χ0v) is 11.5. The number of carbonyl (C=O) groups is 1. The summed E-state index contributed by atoms with van der Waals surface area (Å²) >= 11 is 0. The Morgan fingerprint density at radius 2 is 2.16 bits per heavy atom. The highest BCUT2D eigenvalue weighted by Gasteiger charge is 2.16. The van der Waals surface area contributed by atoms with Gasteiger partial charge in [-0.1, -0.05) is 13.0 Å². The summed E-state index contributed by atoms with van der Waals surface area (Å²) in [5.41, 5.74) is 3.00. The van der Waals surface area contributed by atoms with Crippen LogP contribution >= 0.6 is 0 Å². The zero-order valence-electron chi connectivity index (χ0n) is 11.5. The molecule has 19 heavy (non-hydrogen) atoms. The minimum Gasteiger partial charge on any atom is -0.347 e. The van der Waals surface area contributed by atoms with Gasteiger partial charge in [0.15, 0.2) is 0 Å². The Balaban J connectivity index is 2.13. The fourth-order valence-electron chi connectivity index (χ4n) is 1.96. The Kier molecular flexibility index (Phi) is 4.00. The van der Waals surface area contributed by atoms with E-state index in [0.29, 0.717) is 5.56 Å². The van der Waals surface area contributed by atoms with Gasteiger partial charge in [0.2, 0.25) is 0 Å². The molecule has 1 heterocycles. The number of H-pyrrole nitrogens is 1. The van der Waals surface area contributed by atoms with Crippen LogP contribution in [0.1, 0.15) is 46.7 Å². The lowest BCUT2D eigenvalue weighted by atomic mass is 10.1. The number of nitrogens with one attached hydrogen (secondary N) is 2. The topological polar surface area (TPSA) is 57.8 Å². The Labute approximate surface area is 113 Å². The molecule has 2 N–H and O–H groups in total. The first kappa shape index (κ1) is 13.3. The molecule has 1 aromatic carbocycles. The van der Waals surface area contributed by atoms with E-state index in [4.69, 9.17) is 0 Å². The molecular formula is C15H19N3O. The Morgan fingerprint density at radius 1 is 1.37 bits per heavy atom. The first-order valence-electron chi connectivity index (χ1n) is 6.49. The Bertz CT molecular complexity index is 561. The molecule has 0 saturated heterocycles. The molecule has 0 aliphatic heterocycles. The molecule has 0 spiro atoms. The number of aryl methyl sites for hydroxylation is 2. The molecule has 1 aromatic heterocycles. The predicted octanol–water partition coefficient (Wildman–Crippen LogP) is 2.91. The largest absolute Gasteiger partial charge is 0.347 e. The molecule has 100 valence electrons.